The number of amides is 2. The van der Waals surface area contributed by atoms with Gasteiger partial charge in [-0.15, -0.1) is 0 Å². The Balaban J connectivity index is 2.30. The van der Waals surface area contributed by atoms with Crippen molar-refractivity contribution < 1.29 is 19.4 Å². The van der Waals surface area contributed by atoms with E-state index in [1.54, 1.807) is 6.92 Å². The third-order valence-corrected chi connectivity index (χ3v) is 24.8. The van der Waals surface area contributed by atoms with E-state index in [1.807, 2.05) is 50.3 Å². The molecular formula is C31H51NO4Sn. The van der Waals surface area contributed by atoms with Crippen LogP contribution in [0.2, 0.25) is 13.3 Å². The van der Waals surface area contributed by atoms with E-state index >= 15 is 0 Å². The first-order valence-electron chi connectivity index (χ1n) is 14.5. The Labute approximate surface area is 229 Å². The third-order valence-electron chi connectivity index (χ3n) is 8.36. The van der Waals surface area contributed by atoms with E-state index in [0.29, 0.717) is 6.42 Å². The average Bonchev–Trinajstić information content (AvgIpc) is 3.10. The summed E-state index contributed by atoms with van der Waals surface area (Å²) in [5, 5.41) is 11.3. The predicted molar refractivity (Wildman–Crippen MR) is 155 cm³/mol. The minimum absolute atomic E-state index is 0.357. The Hall–Kier alpha value is -1.34. The summed E-state index contributed by atoms with van der Waals surface area (Å²) in [6.07, 6.45) is 8.30. The molecule has 0 bridgehead atoms. The second-order valence-electron chi connectivity index (χ2n) is 11.6. The fourth-order valence-corrected chi connectivity index (χ4v) is 21.5. The van der Waals surface area contributed by atoms with E-state index < -0.39 is 48.1 Å². The van der Waals surface area contributed by atoms with Crippen molar-refractivity contribution in [3.63, 3.8) is 0 Å². The van der Waals surface area contributed by atoms with Gasteiger partial charge in [0, 0.05) is 0 Å². The van der Waals surface area contributed by atoms with Gasteiger partial charge in [0.25, 0.3) is 0 Å². The second kappa shape index (κ2) is 14.7. The van der Waals surface area contributed by atoms with Crippen molar-refractivity contribution in [1.29, 1.82) is 0 Å². The molecule has 1 aliphatic heterocycles. The molecule has 0 radical (unpaired) electrons. The Morgan fingerprint density at radius 1 is 1.05 bits per heavy atom. The van der Waals surface area contributed by atoms with Gasteiger partial charge in [-0.3, -0.25) is 0 Å². The van der Waals surface area contributed by atoms with Crippen LogP contribution in [0.3, 0.4) is 0 Å². The van der Waals surface area contributed by atoms with Crippen LogP contribution in [0.25, 0.3) is 0 Å². The van der Waals surface area contributed by atoms with Crippen molar-refractivity contribution in [3.8, 4) is 0 Å². The second-order valence-corrected chi connectivity index (χ2v) is 25.4. The van der Waals surface area contributed by atoms with E-state index in [9.17, 15) is 14.7 Å². The molecule has 1 heterocycles. The van der Waals surface area contributed by atoms with Gasteiger partial charge in [0.2, 0.25) is 0 Å². The molecule has 1 N–H and O–H groups in total. The number of nitrogens with zero attached hydrogens (tertiary/aromatic N) is 1. The van der Waals surface area contributed by atoms with E-state index in [-0.39, 0.29) is 5.91 Å². The van der Waals surface area contributed by atoms with Crippen molar-refractivity contribution in [1.82, 2.24) is 4.90 Å². The molecule has 0 spiro atoms. The molecule has 37 heavy (non-hydrogen) atoms. The van der Waals surface area contributed by atoms with E-state index in [2.05, 4.69) is 27.7 Å². The molecule has 2 rings (SSSR count). The van der Waals surface area contributed by atoms with Crippen LogP contribution in [-0.2, 0) is 16.0 Å². The summed E-state index contributed by atoms with van der Waals surface area (Å²) in [4.78, 5) is 27.8. The van der Waals surface area contributed by atoms with E-state index in [1.165, 1.54) is 60.3 Å². The summed E-state index contributed by atoms with van der Waals surface area (Å²) < 4.78 is 11.0. The summed E-state index contributed by atoms with van der Waals surface area (Å²) in [5.41, 5.74) is 0.243. The molecule has 3 atom stereocenters. The van der Waals surface area contributed by atoms with Gasteiger partial charge in [0.1, 0.15) is 0 Å². The number of cyclic esters (lactones) is 1. The molecule has 1 saturated heterocycles. The summed E-state index contributed by atoms with van der Waals surface area (Å²) in [6.45, 7) is 14.5. The quantitative estimate of drug-likeness (QED) is 0.204. The molecule has 0 unspecified atom stereocenters. The first kappa shape index (κ1) is 31.9. The molecule has 1 aliphatic rings. The van der Waals surface area contributed by atoms with Crippen LogP contribution >= 0.6 is 0 Å². The Morgan fingerprint density at radius 2 is 1.57 bits per heavy atom. The molecule has 6 heteroatoms. The van der Waals surface area contributed by atoms with Crippen LogP contribution < -0.4 is 0 Å². The van der Waals surface area contributed by atoms with E-state index in [4.69, 9.17) is 4.74 Å². The summed E-state index contributed by atoms with van der Waals surface area (Å²) >= 11 is -2.68. The fraction of sp³-hybridized carbons (Fsp3) is 0.677. The van der Waals surface area contributed by atoms with Gasteiger partial charge in [0.05, 0.1) is 0 Å². The Morgan fingerprint density at radius 3 is 2.05 bits per heavy atom. The zero-order valence-corrected chi connectivity index (χ0v) is 27.2. The van der Waals surface area contributed by atoms with Crippen LogP contribution in [0.4, 0.5) is 4.79 Å². The molecule has 5 nitrogen and oxygen atoms in total. The molecule has 208 valence electrons. The number of benzene rings is 1. The number of hydrogen-bond acceptors (Lipinski definition) is 4. The van der Waals surface area contributed by atoms with Gasteiger partial charge in [0.15, 0.2) is 0 Å². The fourth-order valence-electron chi connectivity index (χ4n) is 5.65. The number of unbranched alkanes of at least 4 members (excludes halogenated alkanes) is 3. The number of aliphatic hydroxyl groups is 1. The molecule has 1 aromatic rings. The number of imide groups is 1. The maximum atomic E-state index is 13.7. The average molecular weight is 620 g/mol. The van der Waals surface area contributed by atoms with Crippen molar-refractivity contribution in [2.24, 2.45) is 5.92 Å². The normalized spacial score (nSPS) is 19.6. The van der Waals surface area contributed by atoms with Crippen molar-refractivity contribution >= 4 is 30.4 Å². The van der Waals surface area contributed by atoms with E-state index in [0.717, 1.165) is 5.56 Å². The summed E-state index contributed by atoms with van der Waals surface area (Å²) in [6, 6.07) is 9.45. The van der Waals surface area contributed by atoms with Crippen LogP contribution in [0.5, 0.6) is 0 Å². The minimum atomic E-state index is -2.68. The van der Waals surface area contributed by atoms with Crippen LogP contribution in [0, 0.1) is 5.92 Å². The molecular weight excluding hydrogens is 569 g/mol. The number of hydrogen-bond donors (Lipinski definition) is 1. The molecule has 0 saturated carbocycles. The molecule has 1 fully saturated rings. The van der Waals surface area contributed by atoms with Gasteiger partial charge in [-0.2, -0.15) is 0 Å². The SMILES string of the molecule is CCC[CH2][Sn]([CH2]CCC)([CH2]CCC)/[C](C)=C/[C@H](O)[C@@H](C)C(=O)N1C(=O)OC(C)(C)[C@H]1Cc1ccccc1. The number of rotatable bonds is 15. The van der Waals surface area contributed by atoms with Gasteiger partial charge in [-0.1, -0.05) is 0 Å². The number of allylic oxidation sites excluding steroid dienone is 1. The summed E-state index contributed by atoms with van der Waals surface area (Å²) in [7, 11) is 0. The van der Waals surface area contributed by atoms with Crippen LogP contribution in [-0.4, -0.2) is 58.1 Å². The molecule has 0 aliphatic carbocycles. The zero-order valence-electron chi connectivity index (χ0n) is 24.4. The predicted octanol–water partition coefficient (Wildman–Crippen LogP) is 7.69. The molecule has 2 amide bonds. The summed E-state index contributed by atoms with van der Waals surface area (Å²) in [5.74, 6) is -1.08. The molecule has 0 aromatic heterocycles. The number of carbonyl (C=O) groups is 2. The first-order chi connectivity index (χ1) is 17.5. The number of carbonyl (C=O) groups excluding carboxylic acids is 2. The third kappa shape index (κ3) is 8.32. The van der Waals surface area contributed by atoms with Crippen molar-refractivity contribution in [2.45, 2.75) is 124 Å². The monoisotopic (exact) mass is 621 g/mol. The van der Waals surface area contributed by atoms with Crippen molar-refractivity contribution in [2.75, 3.05) is 0 Å². The maximum absolute atomic E-state index is 13.7. The van der Waals surface area contributed by atoms with Gasteiger partial charge in [-0.05, 0) is 0 Å². The van der Waals surface area contributed by atoms with Gasteiger partial charge < -0.3 is 0 Å². The first-order valence-corrected chi connectivity index (χ1v) is 22.0. The molecule has 1 aromatic carbocycles. The Bertz CT molecular complexity index is 876. The standard InChI is InChI=1S/C19H24NO4.3C4H9.Sn/c1-5-9-15(21)13(2)17(22)20-16(19(3,4)24-18(20)23)12-14-10-7-6-8-11-14;3*1-3-4-2;/h6-11,13,15-16,21H,12H2,1-4H3;3*1,3-4H2,2H3;/t13-,15+,16-;;;;/m1..../s1. The van der Waals surface area contributed by atoms with Gasteiger partial charge >= 0.3 is 231 Å². The Kier molecular flexibility index (Phi) is 12.7. The van der Waals surface area contributed by atoms with Crippen LogP contribution in [0.15, 0.2) is 40.0 Å². The topological polar surface area (TPSA) is 66.8 Å². The van der Waals surface area contributed by atoms with Crippen molar-refractivity contribution in [3.05, 3.63) is 45.6 Å². The van der Waals surface area contributed by atoms with Gasteiger partial charge in [-0.25, -0.2) is 0 Å². The number of aliphatic hydroxyl groups excluding tert-OH is 1. The zero-order chi connectivity index (χ0) is 27.6. The number of ether oxygens (including phenoxy) is 1. The van der Waals surface area contributed by atoms with Crippen LogP contribution in [0.1, 0.15) is 92.6 Å².